The number of ether oxygens (including phenoxy) is 1. The summed E-state index contributed by atoms with van der Waals surface area (Å²) >= 11 is 5.81. The van der Waals surface area contributed by atoms with E-state index >= 15 is 0 Å². The molecular weight excluding hydrogens is 330 g/mol. The van der Waals surface area contributed by atoms with E-state index in [1.807, 2.05) is 6.92 Å². The maximum atomic E-state index is 11.7. The van der Waals surface area contributed by atoms with Gasteiger partial charge in [-0.1, -0.05) is 17.7 Å². The average Bonchev–Trinajstić information content (AvgIpc) is 2.56. The number of benzene rings is 2. The van der Waals surface area contributed by atoms with E-state index in [1.54, 1.807) is 42.5 Å². The molecule has 0 bridgehead atoms. The highest BCUT2D eigenvalue weighted by Crippen LogP contribution is 2.14. The summed E-state index contributed by atoms with van der Waals surface area (Å²) in [6.07, 6.45) is 1.43. The van der Waals surface area contributed by atoms with Gasteiger partial charge in [0.2, 0.25) is 0 Å². The third kappa shape index (κ3) is 5.40. The molecule has 0 spiro atoms. The van der Waals surface area contributed by atoms with E-state index in [0.717, 1.165) is 11.3 Å². The average molecular weight is 346 g/mol. The Labute approximate surface area is 144 Å². The molecule has 6 nitrogen and oxygen atoms in total. The van der Waals surface area contributed by atoms with E-state index in [-0.39, 0.29) is 0 Å². The van der Waals surface area contributed by atoms with Gasteiger partial charge in [0.15, 0.2) is 0 Å². The number of rotatable bonds is 5. The van der Waals surface area contributed by atoms with Gasteiger partial charge in [0, 0.05) is 10.7 Å². The minimum Gasteiger partial charge on any atom is -0.494 e. The lowest BCUT2D eigenvalue weighted by atomic mass is 10.2. The number of hydrogen-bond donors (Lipinski definition) is 2. The van der Waals surface area contributed by atoms with Crippen molar-refractivity contribution < 1.29 is 14.3 Å². The van der Waals surface area contributed by atoms with Gasteiger partial charge in [0.1, 0.15) is 5.75 Å². The van der Waals surface area contributed by atoms with E-state index in [9.17, 15) is 9.59 Å². The number of carbonyl (C=O) groups is 2. The second-order valence-corrected chi connectivity index (χ2v) is 5.10. The smallest absolute Gasteiger partial charge is 0.329 e. The van der Waals surface area contributed by atoms with Crippen LogP contribution in [0.25, 0.3) is 0 Å². The molecule has 124 valence electrons. The van der Waals surface area contributed by atoms with Gasteiger partial charge in [-0.3, -0.25) is 9.59 Å². The lowest BCUT2D eigenvalue weighted by Crippen LogP contribution is -2.32. The van der Waals surface area contributed by atoms with Crippen LogP contribution in [0.2, 0.25) is 5.02 Å². The minimum absolute atomic E-state index is 0.429. The van der Waals surface area contributed by atoms with Gasteiger partial charge in [-0.05, 0) is 55.0 Å². The summed E-state index contributed by atoms with van der Waals surface area (Å²) in [5, 5.41) is 6.63. The largest absolute Gasteiger partial charge is 0.494 e. The van der Waals surface area contributed by atoms with Crippen LogP contribution in [0.15, 0.2) is 53.6 Å². The van der Waals surface area contributed by atoms with Crippen molar-refractivity contribution in [1.29, 1.82) is 0 Å². The van der Waals surface area contributed by atoms with E-state index in [2.05, 4.69) is 15.8 Å². The highest BCUT2D eigenvalue weighted by atomic mass is 35.5. The summed E-state index contributed by atoms with van der Waals surface area (Å²) in [4.78, 5) is 23.4. The molecule has 2 N–H and O–H groups in total. The highest BCUT2D eigenvalue weighted by molar-refractivity contribution is 6.39. The van der Waals surface area contributed by atoms with Gasteiger partial charge in [0.05, 0.1) is 12.8 Å². The molecule has 0 atom stereocenters. The fourth-order valence-electron chi connectivity index (χ4n) is 1.79. The van der Waals surface area contributed by atoms with E-state index in [0.29, 0.717) is 17.3 Å². The molecular formula is C17H16ClN3O3. The zero-order chi connectivity index (χ0) is 17.4. The van der Waals surface area contributed by atoms with Crippen LogP contribution in [0.3, 0.4) is 0 Å². The molecule has 2 aromatic rings. The molecule has 2 rings (SSSR count). The Kier molecular flexibility index (Phi) is 6.33. The summed E-state index contributed by atoms with van der Waals surface area (Å²) in [5.41, 5.74) is 3.35. The van der Waals surface area contributed by atoms with Crippen LogP contribution in [0.5, 0.6) is 5.75 Å². The van der Waals surface area contributed by atoms with E-state index in [1.165, 1.54) is 12.3 Å². The van der Waals surface area contributed by atoms with Crippen LogP contribution in [0.1, 0.15) is 12.5 Å². The van der Waals surface area contributed by atoms with Crippen molar-refractivity contribution in [2.45, 2.75) is 6.92 Å². The van der Waals surface area contributed by atoms with E-state index in [4.69, 9.17) is 16.3 Å². The molecule has 0 saturated carbocycles. The zero-order valence-electron chi connectivity index (χ0n) is 13.0. The van der Waals surface area contributed by atoms with Crippen molar-refractivity contribution in [3.05, 3.63) is 59.1 Å². The van der Waals surface area contributed by atoms with Crippen molar-refractivity contribution in [2.75, 3.05) is 11.9 Å². The molecule has 24 heavy (non-hydrogen) atoms. The summed E-state index contributed by atoms with van der Waals surface area (Å²) in [6.45, 7) is 2.49. The first-order chi connectivity index (χ1) is 11.6. The standard InChI is InChI=1S/C17H16ClN3O3/c1-2-24-15-8-6-12(7-9-15)11-19-21-17(23)16(22)20-14-5-3-4-13(18)10-14/h3-11H,2H2,1H3,(H,20,22)(H,21,23). The van der Waals surface area contributed by atoms with Gasteiger partial charge < -0.3 is 10.1 Å². The maximum Gasteiger partial charge on any atom is 0.329 e. The number of anilines is 1. The number of hydrazone groups is 1. The number of nitrogens with zero attached hydrogens (tertiary/aromatic N) is 1. The summed E-state index contributed by atoms with van der Waals surface area (Å²) in [7, 11) is 0. The first-order valence-electron chi connectivity index (χ1n) is 7.21. The van der Waals surface area contributed by atoms with Gasteiger partial charge in [-0.2, -0.15) is 5.10 Å². The first kappa shape index (κ1) is 17.5. The van der Waals surface area contributed by atoms with Gasteiger partial charge in [0.25, 0.3) is 0 Å². The van der Waals surface area contributed by atoms with Crippen LogP contribution in [-0.4, -0.2) is 24.6 Å². The van der Waals surface area contributed by atoms with Crippen LogP contribution in [-0.2, 0) is 9.59 Å². The molecule has 0 aliphatic heterocycles. The van der Waals surface area contributed by atoms with Crippen molar-refractivity contribution in [3.63, 3.8) is 0 Å². The van der Waals surface area contributed by atoms with Crippen molar-refractivity contribution in [1.82, 2.24) is 5.43 Å². The van der Waals surface area contributed by atoms with Gasteiger partial charge >= 0.3 is 11.8 Å². The molecule has 0 saturated heterocycles. The predicted octanol–water partition coefficient (Wildman–Crippen LogP) is 2.83. The fraction of sp³-hybridized carbons (Fsp3) is 0.118. The molecule has 0 aliphatic carbocycles. The Morgan fingerprint density at radius 1 is 1.17 bits per heavy atom. The highest BCUT2D eigenvalue weighted by Gasteiger charge is 2.12. The molecule has 0 radical (unpaired) electrons. The zero-order valence-corrected chi connectivity index (χ0v) is 13.7. The fourth-order valence-corrected chi connectivity index (χ4v) is 1.98. The monoisotopic (exact) mass is 345 g/mol. The molecule has 0 aliphatic rings. The Bertz CT molecular complexity index is 745. The molecule has 2 amide bonds. The number of amides is 2. The van der Waals surface area contributed by atoms with Crippen LogP contribution < -0.4 is 15.5 Å². The molecule has 7 heteroatoms. The third-order valence-corrected chi connectivity index (χ3v) is 3.09. The maximum absolute atomic E-state index is 11.7. The summed E-state index contributed by atoms with van der Waals surface area (Å²) in [5.74, 6) is -0.960. The first-order valence-corrected chi connectivity index (χ1v) is 7.59. The van der Waals surface area contributed by atoms with Crippen molar-refractivity contribution >= 4 is 35.3 Å². The van der Waals surface area contributed by atoms with Crippen molar-refractivity contribution in [3.8, 4) is 5.75 Å². The SMILES string of the molecule is CCOc1ccc(C=NNC(=O)C(=O)Nc2cccc(Cl)c2)cc1. The second-order valence-electron chi connectivity index (χ2n) is 4.67. The van der Waals surface area contributed by atoms with Gasteiger partial charge in [-0.25, -0.2) is 5.43 Å². The Hall–Kier alpha value is -2.86. The minimum atomic E-state index is -0.878. The molecule has 0 unspecified atom stereocenters. The van der Waals surface area contributed by atoms with Crippen LogP contribution in [0.4, 0.5) is 5.69 Å². The number of hydrogen-bond acceptors (Lipinski definition) is 4. The van der Waals surface area contributed by atoms with Crippen LogP contribution in [0, 0.1) is 0 Å². The quantitative estimate of drug-likeness (QED) is 0.497. The predicted molar refractivity (Wildman–Crippen MR) is 93.4 cm³/mol. The van der Waals surface area contributed by atoms with E-state index < -0.39 is 11.8 Å². The Balaban J connectivity index is 1.86. The normalized spacial score (nSPS) is 10.4. The van der Waals surface area contributed by atoms with Crippen molar-refractivity contribution in [2.24, 2.45) is 5.10 Å². The number of nitrogens with one attached hydrogen (secondary N) is 2. The molecule has 0 aromatic heterocycles. The molecule has 2 aromatic carbocycles. The lowest BCUT2D eigenvalue weighted by Gasteiger charge is -2.04. The topological polar surface area (TPSA) is 79.8 Å². The van der Waals surface area contributed by atoms with Gasteiger partial charge in [-0.15, -0.1) is 0 Å². The second kappa shape index (κ2) is 8.69. The summed E-state index contributed by atoms with van der Waals surface area (Å²) < 4.78 is 5.32. The molecule has 0 fully saturated rings. The molecule has 0 heterocycles. The Morgan fingerprint density at radius 2 is 1.92 bits per heavy atom. The van der Waals surface area contributed by atoms with Crippen LogP contribution >= 0.6 is 11.6 Å². The summed E-state index contributed by atoms with van der Waals surface area (Å²) in [6, 6.07) is 13.6. The third-order valence-electron chi connectivity index (χ3n) is 2.86. The number of carbonyl (C=O) groups excluding carboxylic acids is 2. The number of halogens is 1. The lowest BCUT2D eigenvalue weighted by molar-refractivity contribution is -0.136. The Morgan fingerprint density at radius 3 is 2.58 bits per heavy atom.